The summed E-state index contributed by atoms with van der Waals surface area (Å²) in [4.78, 5) is 23.8. The molecule has 0 fully saturated rings. The molecule has 0 spiro atoms. The molecule has 0 atom stereocenters. The molecule has 9 heavy (non-hydrogen) atoms. The lowest BCUT2D eigenvalue weighted by molar-refractivity contribution is 0.137. The maximum atomic E-state index is 9.33. The van der Waals surface area contributed by atoms with Gasteiger partial charge in [-0.3, -0.25) is 4.57 Å². The molecule has 0 rings (SSSR count). The Morgan fingerprint density at radius 3 is 1.33 bits per heavy atom. The smallest absolute Gasteiger partial charge is 0.450 e. The first-order chi connectivity index (χ1) is 3.73. The van der Waals surface area contributed by atoms with Crippen LogP contribution in [0.5, 0.6) is 0 Å². The van der Waals surface area contributed by atoms with E-state index in [0.29, 0.717) is 0 Å². The third-order valence-corrected chi connectivity index (χ3v) is 0. The van der Waals surface area contributed by atoms with Crippen LogP contribution in [0.3, 0.4) is 0 Å². The second-order valence-electron chi connectivity index (χ2n) is 1.12. The SMILES string of the molecule is CP(=O)(O)O.O=C(O)O. The largest absolute Gasteiger partial charge is 0.503 e. The van der Waals surface area contributed by atoms with Crippen LogP contribution in [-0.2, 0) is 4.57 Å². The summed E-state index contributed by atoms with van der Waals surface area (Å²) in [6, 6.07) is 0. The first kappa shape index (κ1) is 11.2. The van der Waals surface area contributed by atoms with Gasteiger partial charge in [-0.15, -0.1) is 0 Å². The summed E-state index contributed by atoms with van der Waals surface area (Å²) in [5.74, 6) is 0. The van der Waals surface area contributed by atoms with E-state index in [9.17, 15) is 4.57 Å². The Morgan fingerprint density at radius 1 is 1.33 bits per heavy atom. The minimum absolute atomic E-state index is 0.854. The van der Waals surface area contributed by atoms with Crippen molar-refractivity contribution in [1.82, 2.24) is 0 Å². The summed E-state index contributed by atoms with van der Waals surface area (Å²) in [6.45, 7) is 0.854. The van der Waals surface area contributed by atoms with Gasteiger partial charge in [0, 0.05) is 6.66 Å². The average Bonchev–Trinajstić information content (AvgIpc) is 1.19. The van der Waals surface area contributed by atoms with Crippen LogP contribution in [0.4, 0.5) is 4.79 Å². The number of rotatable bonds is 0. The number of hydrogen-bond acceptors (Lipinski definition) is 2. The van der Waals surface area contributed by atoms with Gasteiger partial charge in [-0.05, 0) is 0 Å². The van der Waals surface area contributed by atoms with E-state index in [1.807, 2.05) is 0 Å². The molecule has 0 aromatic heterocycles. The van der Waals surface area contributed by atoms with Gasteiger partial charge in [-0.1, -0.05) is 0 Å². The topological polar surface area (TPSA) is 115 Å². The molecule has 0 saturated heterocycles. The molecule has 0 radical (unpaired) electrons. The van der Waals surface area contributed by atoms with Crippen molar-refractivity contribution < 1.29 is 29.4 Å². The quantitative estimate of drug-likeness (QED) is 0.369. The van der Waals surface area contributed by atoms with E-state index in [1.54, 1.807) is 0 Å². The summed E-state index contributed by atoms with van der Waals surface area (Å²) >= 11 is 0. The molecular formula is C2H7O6P. The first-order valence-corrected chi connectivity index (χ1v) is 3.74. The zero-order valence-corrected chi connectivity index (χ0v) is 5.45. The molecule has 0 aliphatic heterocycles. The van der Waals surface area contributed by atoms with E-state index in [-0.39, 0.29) is 0 Å². The van der Waals surface area contributed by atoms with Crippen LogP contribution in [0, 0.1) is 0 Å². The molecule has 0 saturated carbocycles. The van der Waals surface area contributed by atoms with Gasteiger partial charge in [0.25, 0.3) is 0 Å². The normalized spacial score (nSPS) is 9.22. The zero-order chi connectivity index (χ0) is 8.08. The Balaban J connectivity index is 0. The molecule has 0 amide bonds. The van der Waals surface area contributed by atoms with Crippen LogP contribution in [0.15, 0.2) is 0 Å². The Labute approximate surface area is 50.9 Å². The second-order valence-corrected chi connectivity index (χ2v) is 2.79. The highest BCUT2D eigenvalue weighted by Gasteiger charge is 1.95. The van der Waals surface area contributed by atoms with Crippen molar-refractivity contribution in [2.75, 3.05) is 6.66 Å². The highest BCUT2D eigenvalue weighted by atomic mass is 31.2. The first-order valence-electron chi connectivity index (χ1n) is 1.68. The second kappa shape index (κ2) is 4.31. The summed E-state index contributed by atoms with van der Waals surface area (Å²) in [6.07, 6.45) is -1.83. The molecular weight excluding hydrogens is 151 g/mol. The molecule has 0 aliphatic rings. The molecule has 0 heterocycles. The molecule has 0 aromatic carbocycles. The van der Waals surface area contributed by atoms with Crippen molar-refractivity contribution in [3.8, 4) is 0 Å². The summed E-state index contributed by atoms with van der Waals surface area (Å²) in [7, 11) is -3.64. The third-order valence-electron chi connectivity index (χ3n) is 0. The van der Waals surface area contributed by atoms with Gasteiger partial charge >= 0.3 is 13.8 Å². The van der Waals surface area contributed by atoms with E-state index in [0.717, 1.165) is 6.66 Å². The van der Waals surface area contributed by atoms with Gasteiger partial charge in [0.2, 0.25) is 0 Å². The number of carbonyl (C=O) groups is 1. The van der Waals surface area contributed by atoms with E-state index in [1.165, 1.54) is 0 Å². The van der Waals surface area contributed by atoms with Gasteiger partial charge in [-0.2, -0.15) is 0 Å². The van der Waals surface area contributed by atoms with Crippen LogP contribution in [0.2, 0.25) is 0 Å². The fraction of sp³-hybridized carbons (Fsp3) is 0.500. The lowest BCUT2D eigenvalue weighted by Gasteiger charge is -1.84. The van der Waals surface area contributed by atoms with Crippen LogP contribution in [-0.4, -0.2) is 32.8 Å². The van der Waals surface area contributed by atoms with Crippen molar-refractivity contribution in [1.29, 1.82) is 0 Å². The predicted octanol–water partition coefficient (Wildman–Crippen LogP) is 0.0163. The third kappa shape index (κ3) is 648. The van der Waals surface area contributed by atoms with Crippen LogP contribution in [0.1, 0.15) is 0 Å². The highest BCUT2D eigenvalue weighted by molar-refractivity contribution is 7.50. The van der Waals surface area contributed by atoms with Gasteiger partial charge in [0.05, 0.1) is 0 Å². The Morgan fingerprint density at radius 2 is 1.33 bits per heavy atom. The van der Waals surface area contributed by atoms with E-state index < -0.39 is 13.8 Å². The molecule has 4 N–H and O–H groups in total. The monoisotopic (exact) mass is 158 g/mol. The Bertz CT molecular complexity index is 111. The minimum atomic E-state index is -3.64. The summed E-state index contributed by atoms with van der Waals surface area (Å²) in [5.41, 5.74) is 0. The molecule has 6 nitrogen and oxygen atoms in total. The van der Waals surface area contributed by atoms with Crippen LogP contribution >= 0.6 is 7.60 Å². The predicted molar refractivity (Wildman–Crippen MR) is 28.6 cm³/mol. The standard InChI is InChI=1S/CH5O3P.CH2O3/c1-5(2,3)4;2-1(3)4/h1H3,(H2,2,3,4);(H2,2,3,4). The minimum Gasteiger partial charge on any atom is -0.450 e. The van der Waals surface area contributed by atoms with Gasteiger partial charge < -0.3 is 20.0 Å². The summed E-state index contributed by atoms with van der Waals surface area (Å²) in [5, 5.41) is 13.9. The fourth-order valence-electron chi connectivity index (χ4n) is 0. The van der Waals surface area contributed by atoms with E-state index in [4.69, 9.17) is 24.8 Å². The maximum absolute atomic E-state index is 9.33. The lowest BCUT2D eigenvalue weighted by Crippen LogP contribution is -1.81. The van der Waals surface area contributed by atoms with Crippen molar-refractivity contribution >= 4 is 13.8 Å². The number of carboxylic acid groups (broad SMARTS) is 2. The molecule has 0 aliphatic carbocycles. The highest BCUT2D eigenvalue weighted by Crippen LogP contribution is 2.26. The molecule has 0 unspecified atom stereocenters. The number of hydrogen-bond donors (Lipinski definition) is 4. The van der Waals surface area contributed by atoms with E-state index in [2.05, 4.69) is 0 Å². The summed E-state index contributed by atoms with van der Waals surface area (Å²) < 4.78 is 9.33. The lowest BCUT2D eigenvalue weighted by atomic mass is 11.5. The molecule has 0 aromatic rings. The van der Waals surface area contributed by atoms with Crippen LogP contribution in [0.25, 0.3) is 0 Å². The van der Waals surface area contributed by atoms with E-state index >= 15 is 0 Å². The van der Waals surface area contributed by atoms with Crippen molar-refractivity contribution in [2.45, 2.75) is 0 Å². The van der Waals surface area contributed by atoms with Crippen molar-refractivity contribution in [2.24, 2.45) is 0 Å². The molecule has 56 valence electrons. The van der Waals surface area contributed by atoms with Crippen molar-refractivity contribution in [3.63, 3.8) is 0 Å². The average molecular weight is 158 g/mol. The Kier molecular flexibility index (Phi) is 5.39. The van der Waals surface area contributed by atoms with Gasteiger partial charge in [0.15, 0.2) is 0 Å². The van der Waals surface area contributed by atoms with Crippen molar-refractivity contribution in [3.05, 3.63) is 0 Å². The van der Waals surface area contributed by atoms with Crippen LogP contribution < -0.4 is 0 Å². The van der Waals surface area contributed by atoms with Gasteiger partial charge in [0.1, 0.15) is 0 Å². The zero-order valence-electron chi connectivity index (χ0n) is 4.55. The van der Waals surface area contributed by atoms with Gasteiger partial charge in [-0.25, -0.2) is 4.79 Å². The molecule has 0 bridgehead atoms. The maximum Gasteiger partial charge on any atom is 0.503 e. The fourth-order valence-corrected chi connectivity index (χ4v) is 0. The molecule has 7 heteroatoms. The Hall–Kier alpha value is -0.580.